The highest BCUT2D eigenvalue weighted by atomic mass is 16.5. The van der Waals surface area contributed by atoms with Crippen molar-refractivity contribution in [3.8, 4) is 11.5 Å². The van der Waals surface area contributed by atoms with Crippen LogP contribution in [0.4, 0.5) is 11.4 Å². The number of hydrogen-bond donors (Lipinski definition) is 2. The summed E-state index contributed by atoms with van der Waals surface area (Å²) in [6, 6.07) is 15.0. The molecule has 0 aliphatic carbocycles. The van der Waals surface area contributed by atoms with Crippen molar-refractivity contribution in [3.05, 3.63) is 48.5 Å². The first-order chi connectivity index (χ1) is 12.2. The summed E-state index contributed by atoms with van der Waals surface area (Å²) >= 11 is 0. The Morgan fingerprint density at radius 3 is 2.36 bits per heavy atom. The van der Waals surface area contributed by atoms with Crippen LogP contribution in [0.3, 0.4) is 0 Å². The van der Waals surface area contributed by atoms with Gasteiger partial charge in [-0.3, -0.25) is 4.90 Å². The van der Waals surface area contributed by atoms with Gasteiger partial charge in [0.1, 0.15) is 18.1 Å². The Morgan fingerprint density at radius 1 is 1.04 bits per heavy atom. The van der Waals surface area contributed by atoms with Crippen LogP contribution >= 0.6 is 0 Å². The molecule has 25 heavy (non-hydrogen) atoms. The fourth-order valence-electron chi connectivity index (χ4n) is 2.35. The summed E-state index contributed by atoms with van der Waals surface area (Å²) in [7, 11) is 1.60. The summed E-state index contributed by atoms with van der Waals surface area (Å²) in [5.74, 6) is 1.44. The van der Waals surface area contributed by atoms with Crippen LogP contribution in [-0.4, -0.2) is 51.5 Å². The molecule has 2 aromatic rings. The van der Waals surface area contributed by atoms with E-state index in [1.807, 2.05) is 42.5 Å². The monoisotopic (exact) mass is 345 g/mol. The molecule has 6 heteroatoms. The van der Waals surface area contributed by atoms with Gasteiger partial charge in [0, 0.05) is 31.4 Å². The number of nitrogens with zero attached hydrogens (tertiary/aromatic N) is 1. The van der Waals surface area contributed by atoms with E-state index in [2.05, 4.69) is 4.90 Å². The molecular weight excluding hydrogens is 318 g/mol. The summed E-state index contributed by atoms with van der Waals surface area (Å²) < 4.78 is 16.1. The predicted octanol–water partition coefficient (Wildman–Crippen LogP) is 2.26. The third kappa shape index (κ3) is 6.91. The Morgan fingerprint density at radius 2 is 1.76 bits per heavy atom. The van der Waals surface area contributed by atoms with E-state index < -0.39 is 0 Å². The number of morpholine rings is 1. The second-order valence-electron chi connectivity index (χ2n) is 5.62. The van der Waals surface area contributed by atoms with Crippen LogP contribution in [0, 0.1) is 0 Å². The number of anilines is 2. The minimum Gasteiger partial charge on any atom is -0.494 e. The minimum atomic E-state index is 0.623. The molecule has 1 saturated heterocycles. The molecule has 2 aromatic carbocycles. The van der Waals surface area contributed by atoms with Gasteiger partial charge in [-0.25, -0.2) is 0 Å². The quantitative estimate of drug-likeness (QED) is 0.809. The normalized spacial score (nSPS) is 14.3. The first-order valence-electron chi connectivity index (χ1n) is 8.36. The van der Waals surface area contributed by atoms with Crippen molar-refractivity contribution in [2.24, 2.45) is 0 Å². The standard InChI is InChI=1S/C13H20N2O3.C6H7N/c1-16-13-10-11(2-3-12(13)14)18-9-6-15-4-7-17-8-5-15;7-6-4-2-1-3-5-6/h2-3,10H,4-9,14H2,1H3;1-5H,7H2. The fourth-order valence-corrected chi connectivity index (χ4v) is 2.35. The van der Waals surface area contributed by atoms with Gasteiger partial charge in [0.15, 0.2) is 0 Å². The lowest BCUT2D eigenvalue weighted by Gasteiger charge is -2.26. The molecule has 1 heterocycles. The molecule has 0 amide bonds. The Bertz CT molecular complexity index is 617. The van der Waals surface area contributed by atoms with Crippen LogP contribution in [0.2, 0.25) is 0 Å². The maximum absolute atomic E-state index is 5.74. The number of nitrogen functional groups attached to an aromatic ring is 2. The summed E-state index contributed by atoms with van der Waals surface area (Å²) in [5.41, 5.74) is 12.5. The highest BCUT2D eigenvalue weighted by Crippen LogP contribution is 2.26. The van der Waals surface area contributed by atoms with Gasteiger partial charge in [0.05, 0.1) is 26.0 Å². The molecule has 0 aromatic heterocycles. The van der Waals surface area contributed by atoms with E-state index in [-0.39, 0.29) is 0 Å². The van der Waals surface area contributed by atoms with Gasteiger partial charge < -0.3 is 25.7 Å². The van der Waals surface area contributed by atoms with Crippen LogP contribution in [0.5, 0.6) is 11.5 Å². The van der Waals surface area contributed by atoms with E-state index in [1.165, 1.54) is 0 Å². The van der Waals surface area contributed by atoms with Crippen molar-refractivity contribution >= 4 is 11.4 Å². The molecule has 1 aliphatic heterocycles. The Labute approximate surface area is 149 Å². The lowest BCUT2D eigenvalue weighted by atomic mass is 10.3. The highest BCUT2D eigenvalue weighted by Gasteiger charge is 2.10. The second kappa shape index (κ2) is 10.4. The van der Waals surface area contributed by atoms with Crippen molar-refractivity contribution < 1.29 is 14.2 Å². The van der Waals surface area contributed by atoms with Gasteiger partial charge in [-0.1, -0.05) is 18.2 Å². The summed E-state index contributed by atoms with van der Waals surface area (Å²) in [6.07, 6.45) is 0. The van der Waals surface area contributed by atoms with Crippen LogP contribution < -0.4 is 20.9 Å². The third-order valence-electron chi connectivity index (χ3n) is 3.78. The van der Waals surface area contributed by atoms with E-state index in [0.29, 0.717) is 18.0 Å². The van der Waals surface area contributed by atoms with Crippen molar-refractivity contribution in [2.75, 3.05) is 58.0 Å². The number of benzene rings is 2. The second-order valence-corrected chi connectivity index (χ2v) is 5.62. The molecule has 0 atom stereocenters. The van der Waals surface area contributed by atoms with E-state index in [0.717, 1.165) is 44.3 Å². The first kappa shape index (κ1) is 18.9. The Kier molecular flexibility index (Phi) is 7.88. The minimum absolute atomic E-state index is 0.623. The number of ether oxygens (including phenoxy) is 3. The van der Waals surface area contributed by atoms with Crippen molar-refractivity contribution in [1.82, 2.24) is 4.90 Å². The number of nitrogens with two attached hydrogens (primary N) is 2. The van der Waals surface area contributed by atoms with Gasteiger partial charge in [-0.05, 0) is 24.3 Å². The van der Waals surface area contributed by atoms with Crippen molar-refractivity contribution in [2.45, 2.75) is 0 Å². The summed E-state index contributed by atoms with van der Waals surface area (Å²) in [6.45, 7) is 5.16. The lowest BCUT2D eigenvalue weighted by Crippen LogP contribution is -2.38. The molecule has 1 aliphatic rings. The van der Waals surface area contributed by atoms with E-state index in [1.54, 1.807) is 13.2 Å². The van der Waals surface area contributed by atoms with Crippen LogP contribution in [-0.2, 0) is 4.74 Å². The highest BCUT2D eigenvalue weighted by molar-refractivity contribution is 5.55. The average molecular weight is 345 g/mol. The fraction of sp³-hybridized carbons (Fsp3) is 0.368. The molecule has 6 nitrogen and oxygen atoms in total. The molecule has 0 radical (unpaired) electrons. The molecule has 1 fully saturated rings. The number of methoxy groups -OCH3 is 1. The SMILES string of the molecule is COc1cc(OCCN2CCOCC2)ccc1N.Nc1ccccc1. The van der Waals surface area contributed by atoms with E-state index >= 15 is 0 Å². The molecule has 0 unspecified atom stereocenters. The zero-order chi connectivity index (χ0) is 17.9. The number of hydrogen-bond acceptors (Lipinski definition) is 6. The van der Waals surface area contributed by atoms with Crippen LogP contribution in [0.25, 0.3) is 0 Å². The molecule has 0 saturated carbocycles. The zero-order valence-electron chi connectivity index (χ0n) is 14.7. The Hall–Kier alpha value is -2.44. The predicted molar refractivity (Wildman–Crippen MR) is 101 cm³/mol. The summed E-state index contributed by atoms with van der Waals surface area (Å²) in [4.78, 5) is 2.33. The third-order valence-corrected chi connectivity index (χ3v) is 3.78. The first-order valence-corrected chi connectivity index (χ1v) is 8.36. The number of para-hydroxylation sites is 1. The molecule has 0 spiro atoms. The zero-order valence-corrected chi connectivity index (χ0v) is 14.7. The number of rotatable bonds is 5. The molecular formula is C19H27N3O3. The molecule has 0 bridgehead atoms. The maximum atomic E-state index is 5.74. The Balaban J connectivity index is 0.000000269. The maximum Gasteiger partial charge on any atom is 0.145 e. The average Bonchev–Trinajstić information content (AvgIpc) is 2.65. The molecule has 136 valence electrons. The van der Waals surface area contributed by atoms with Gasteiger partial charge >= 0.3 is 0 Å². The van der Waals surface area contributed by atoms with Gasteiger partial charge in [-0.2, -0.15) is 0 Å². The summed E-state index contributed by atoms with van der Waals surface area (Å²) in [5, 5.41) is 0. The van der Waals surface area contributed by atoms with Crippen LogP contribution in [0.1, 0.15) is 0 Å². The topological polar surface area (TPSA) is 83.0 Å². The van der Waals surface area contributed by atoms with Crippen LogP contribution in [0.15, 0.2) is 48.5 Å². The van der Waals surface area contributed by atoms with Gasteiger partial charge in [0.2, 0.25) is 0 Å². The van der Waals surface area contributed by atoms with Crippen molar-refractivity contribution in [3.63, 3.8) is 0 Å². The van der Waals surface area contributed by atoms with Crippen molar-refractivity contribution in [1.29, 1.82) is 0 Å². The lowest BCUT2D eigenvalue weighted by molar-refractivity contribution is 0.0322. The van der Waals surface area contributed by atoms with Gasteiger partial charge in [0.25, 0.3) is 0 Å². The van der Waals surface area contributed by atoms with E-state index in [4.69, 9.17) is 25.7 Å². The smallest absolute Gasteiger partial charge is 0.145 e. The van der Waals surface area contributed by atoms with E-state index in [9.17, 15) is 0 Å². The largest absolute Gasteiger partial charge is 0.494 e. The van der Waals surface area contributed by atoms with Gasteiger partial charge in [-0.15, -0.1) is 0 Å². The molecule has 4 N–H and O–H groups in total. The molecule has 3 rings (SSSR count).